The monoisotopic (exact) mass is 254 g/mol. The Morgan fingerprint density at radius 3 is 2.50 bits per heavy atom. The van der Waals surface area contributed by atoms with Gasteiger partial charge in [-0.25, -0.2) is 0 Å². The number of aliphatic hydroxyl groups excluding tert-OH is 1. The van der Waals surface area contributed by atoms with Gasteiger partial charge in [-0.2, -0.15) is 0 Å². The standard InChI is InChI=1S/C14H26N2O2/c15-11-6-2-1-5-10(11)9-14(18)16-12-7-3-4-8-13(12)17/h10-13,17H,1-9,15H2,(H,16,18)/t10?,11?,12-,13-/m1/s1. The molecule has 2 fully saturated rings. The van der Waals surface area contributed by atoms with Crippen LogP contribution in [0.1, 0.15) is 57.8 Å². The molecule has 2 rings (SSSR count). The van der Waals surface area contributed by atoms with Crippen molar-refractivity contribution in [2.24, 2.45) is 11.7 Å². The fourth-order valence-electron chi connectivity index (χ4n) is 3.27. The van der Waals surface area contributed by atoms with E-state index < -0.39 is 0 Å². The minimum Gasteiger partial charge on any atom is -0.391 e. The number of carbonyl (C=O) groups is 1. The molecule has 0 bridgehead atoms. The largest absolute Gasteiger partial charge is 0.391 e. The van der Waals surface area contributed by atoms with Crippen LogP contribution < -0.4 is 11.1 Å². The number of hydrogen-bond donors (Lipinski definition) is 3. The predicted octanol–water partition coefficient (Wildman–Crippen LogP) is 1.31. The molecule has 2 saturated carbocycles. The molecule has 0 heterocycles. The van der Waals surface area contributed by atoms with Gasteiger partial charge in [0, 0.05) is 12.5 Å². The van der Waals surface area contributed by atoms with Crippen LogP contribution >= 0.6 is 0 Å². The molecule has 4 N–H and O–H groups in total. The van der Waals surface area contributed by atoms with Crippen LogP contribution in [0, 0.1) is 5.92 Å². The Labute approximate surface area is 109 Å². The fraction of sp³-hybridized carbons (Fsp3) is 0.929. The number of nitrogens with one attached hydrogen (secondary N) is 1. The number of aliphatic hydroxyl groups is 1. The number of carbonyl (C=O) groups excluding carboxylic acids is 1. The van der Waals surface area contributed by atoms with Crippen molar-refractivity contribution in [3.05, 3.63) is 0 Å². The topological polar surface area (TPSA) is 75.4 Å². The first-order valence-electron chi connectivity index (χ1n) is 7.40. The molecule has 0 aromatic rings. The highest BCUT2D eigenvalue weighted by atomic mass is 16.3. The number of nitrogens with two attached hydrogens (primary N) is 1. The van der Waals surface area contributed by atoms with Gasteiger partial charge in [0.1, 0.15) is 0 Å². The minimum absolute atomic E-state index is 0.0361. The number of hydrogen-bond acceptors (Lipinski definition) is 3. The molecule has 4 nitrogen and oxygen atoms in total. The van der Waals surface area contributed by atoms with Gasteiger partial charge in [0.15, 0.2) is 0 Å². The molecule has 4 heteroatoms. The van der Waals surface area contributed by atoms with E-state index in [1.165, 1.54) is 12.8 Å². The van der Waals surface area contributed by atoms with E-state index in [1.807, 2.05) is 0 Å². The van der Waals surface area contributed by atoms with Crippen LogP contribution in [0.15, 0.2) is 0 Å². The smallest absolute Gasteiger partial charge is 0.220 e. The van der Waals surface area contributed by atoms with E-state index in [9.17, 15) is 9.90 Å². The highest BCUT2D eigenvalue weighted by Gasteiger charge is 2.28. The molecule has 2 aliphatic carbocycles. The van der Waals surface area contributed by atoms with Gasteiger partial charge in [0.25, 0.3) is 0 Å². The summed E-state index contributed by atoms with van der Waals surface area (Å²) in [5, 5.41) is 12.8. The Hall–Kier alpha value is -0.610. The first-order chi connectivity index (χ1) is 8.66. The van der Waals surface area contributed by atoms with Crippen molar-refractivity contribution in [2.75, 3.05) is 0 Å². The zero-order valence-electron chi connectivity index (χ0n) is 11.1. The van der Waals surface area contributed by atoms with E-state index in [1.54, 1.807) is 0 Å². The van der Waals surface area contributed by atoms with Gasteiger partial charge in [-0.3, -0.25) is 4.79 Å². The lowest BCUT2D eigenvalue weighted by Crippen LogP contribution is -2.46. The Kier molecular flexibility index (Phi) is 5.01. The van der Waals surface area contributed by atoms with Crippen molar-refractivity contribution in [1.82, 2.24) is 5.32 Å². The summed E-state index contributed by atoms with van der Waals surface area (Å²) in [4.78, 5) is 12.0. The average molecular weight is 254 g/mol. The fourth-order valence-corrected chi connectivity index (χ4v) is 3.27. The average Bonchev–Trinajstić information content (AvgIpc) is 2.35. The number of rotatable bonds is 3. The molecule has 0 aromatic heterocycles. The summed E-state index contributed by atoms with van der Waals surface area (Å²) in [5.74, 6) is 0.405. The Morgan fingerprint density at radius 2 is 1.78 bits per heavy atom. The molecule has 18 heavy (non-hydrogen) atoms. The van der Waals surface area contributed by atoms with Gasteiger partial charge in [0.05, 0.1) is 12.1 Å². The zero-order chi connectivity index (χ0) is 13.0. The van der Waals surface area contributed by atoms with Crippen LogP contribution in [0.2, 0.25) is 0 Å². The zero-order valence-corrected chi connectivity index (χ0v) is 11.1. The molecule has 2 unspecified atom stereocenters. The molecule has 0 aliphatic heterocycles. The predicted molar refractivity (Wildman–Crippen MR) is 71.0 cm³/mol. The van der Waals surface area contributed by atoms with Gasteiger partial charge >= 0.3 is 0 Å². The van der Waals surface area contributed by atoms with Crippen molar-refractivity contribution in [1.29, 1.82) is 0 Å². The van der Waals surface area contributed by atoms with Crippen LogP contribution in [0.3, 0.4) is 0 Å². The van der Waals surface area contributed by atoms with Crippen molar-refractivity contribution in [3.8, 4) is 0 Å². The summed E-state index contributed by atoms with van der Waals surface area (Å²) >= 11 is 0. The molecule has 0 radical (unpaired) electrons. The molecule has 4 atom stereocenters. The molecule has 0 saturated heterocycles. The van der Waals surface area contributed by atoms with Crippen LogP contribution in [0.4, 0.5) is 0 Å². The second-order valence-corrected chi connectivity index (χ2v) is 5.94. The van der Waals surface area contributed by atoms with E-state index in [0.29, 0.717) is 12.3 Å². The lowest BCUT2D eigenvalue weighted by Gasteiger charge is -2.31. The minimum atomic E-state index is -0.359. The van der Waals surface area contributed by atoms with Crippen molar-refractivity contribution >= 4 is 5.91 Å². The Morgan fingerprint density at radius 1 is 1.11 bits per heavy atom. The summed E-state index contributed by atoms with van der Waals surface area (Å²) in [7, 11) is 0. The quantitative estimate of drug-likeness (QED) is 0.711. The second-order valence-electron chi connectivity index (χ2n) is 5.94. The van der Waals surface area contributed by atoms with Crippen molar-refractivity contribution in [2.45, 2.75) is 76.0 Å². The van der Waals surface area contributed by atoms with Crippen LogP contribution in [-0.4, -0.2) is 29.2 Å². The highest BCUT2D eigenvalue weighted by Crippen LogP contribution is 2.26. The van der Waals surface area contributed by atoms with Gasteiger partial charge in [-0.1, -0.05) is 25.7 Å². The summed E-state index contributed by atoms with van der Waals surface area (Å²) in [5.41, 5.74) is 6.06. The van der Waals surface area contributed by atoms with Crippen LogP contribution in [-0.2, 0) is 4.79 Å². The third-order valence-electron chi connectivity index (χ3n) is 4.49. The second kappa shape index (κ2) is 6.53. The highest BCUT2D eigenvalue weighted by molar-refractivity contribution is 5.76. The van der Waals surface area contributed by atoms with Gasteiger partial charge in [-0.15, -0.1) is 0 Å². The van der Waals surface area contributed by atoms with Crippen LogP contribution in [0.25, 0.3) is 0 Å². The summed E-state index contributed by atoms with van der Waals surface area (Å²) in [6, 6.07) is 0.145. The lowest BCUT2D eigenvalue weighted by molar-refractivity contribution is -0.124. The maximum atomic E-state index is 12.0. The molecule has 2 aliphatic rings. The number of amides is 1. The third-order valence-corrected chi connectivity index (χ3v) is 4.49. The summed E-state index contributed by atoms with van der Waals surface area (Å²) in [6.45, 7) is 0. The van der Waals surface area contributed by atoms with E-state index in [2.05, 4.69) is 5.32 Å². The molecular weight excluding hydrogens is 228 g/mol. The molecule has 104 valence electrons. The van der Waals surface area contributed by atoms with Gasteiger partial charge in [-0.05, 0) is 31.6 Å². The van der Waals surface area contributed by atoms with Crippen molar-refractivity contribution < 1.29 is 9.90 Å². The molecule has 0 aromatic carbocycles. The first-order valence-corrected chi connectivity index (χ1v) is 7.40. The van der Waals surface area contributed by atoms with E-state index in [4.69, 9.17) is 5.73 Å². The summed E-state index contributed by atoms with van der Waals surface area (Å²) < 4.78 is 0. The maximum absolute atomic E-state index is 12.0. The Bertz CT molecular complexity index is 257. The first kappa shape index (κ1) is 13.8. The SMILES string of the molecule is NC1CCCCC1CC(=O)N[C@@H]1CCCC[C@H]1O. The lowest BCUT2D eigenvalue weighted by atomic mass is 9.82. The third kappa shape index (κ3) is 3.69. The molecule has 1 amide bonds. The van der Waals surface area contributed by atoms with Gasteiger partial charge in [0.2, 0.25) is 5.91 Å². The molecule has 0 spiro atoms. The van der Waals surface area contributed by atoms with Crippen LogP contribution in [0.5, 0.6) is 0 Å². The van der Waals surface area contributed by atoms with Gasteiger partial charge < -0.3 is 16.2 Å². The van der Waals surface area contributed by atoms with E-state index >= 15 is 0 Å². The summed E-state index contributed by atoms with van der Waals surface area (Å²) in [6.07, 6.45) is 8.57. The molecular formula is C14H26N2O2. The van der Waals surface area contributed by atoms with E-state index in [0.717, 1.165) is 38.5 Å². The van der Waals surface area contributed by atoms with Crippen molar-refractivity contribution in [3.63, 3.8) is 0 Å². The normalized spacial score (nSPS) is 37.2. The Balaban J connectivity index is 1.77. The van der Waals surface area contributed by atoms with E-state index in [-0.39, 0.29) is 24.1 Å². The maximum Gasteiger partial charge on any atom is 0.220 e.